The van der Waals surface area contributed by atoms with Crippen LogP contribution in [0.3, 0.4) is 0 Å². The maximum absolute atomic E-state index is 11.8. The fourth-order valence-corrected chi connectivity index (χ4v) is 1.68. The lowest BCUT2D eigenvalue weighted by Gasteiger charge is -2.10. The molecule has 1 atom stereocenters. The summed E-state index contributed by atoms with van der Waals surface area (Å²) in [5.74, 6) is -0.403. The van der Waals surface area contributed by atoms with Crippen molar-refractivity contribution in [1.82, 2.24) is 10.3 Å². The molecule has 0 aliphatic heterocycles. The van der Waals surface area contributed by atoms with E-state index in [9.17, 15) is 9.59 Å². The number of aromatic nitrogens is 1. The predicted molar refractivity (Wildman–Crippen MR) is 68.6 cm³/mol. The summed E-state index contributed by atoms with van der Waals surface area (Å²) in [7, 11) is 0. The van der Waals surface area contributed by atoms with E-state index in [-0.39, 0.29) is 23.9 Å². The molecule has 0 aliphatic carbocycles. The average Bonchev–Trinajstić information content (AvgIpc) is 2.38. The van der Waals surface area contributed by atoms with E-state index in [0.717, 1.165) is 0 Å². The summed E-state index contributed by atoms with van der Waals surface area (Å²) in [5.41, 5.74) is -0.103. The zero-order valence-corrected chi connectivity index (χ0v) is 9.93. The van der Waals surface area contributed by atoms with Gasteiger partial charge in [0.05, 0.1) is 6.61 Å². The highest BCUT2D eigenvalue weighted by atomic mass is 16.3. The van der Waals surface area contributed by atoms with Crippen LogP contribution in [-0.2, 0) is 0 Å². The Morgan fingerprint density at radius 1 is 1.44 bits per heavy atom. The number of fused-ring (bicyclic) bond motifs is 1. The van der Waals surface area contributed by atoms with Crippen molar-refractivity contribution in [2.45, 2.75) is 13.0 Å². The SMILES string of the molecule is CC(CO)NC(=O)c1cc2ccccc2c(=O)[nH]1. The number of carbonyl (C=O) groups is 1. The zero-order chi connectivity index (χ0) is 13.1. The van der Waals surface area contributed by atoms with E-state index >= 15 is 0 Å². The minimum atomic E-state index is -0.403. The van der Waals surface area contributed by atoms with E-state index in [1.54, 1.807) is 37.3 Å². The summed E-state index contributed by atoms with van der Waals surface area (Å²) in [6.07, 6.45) is 0. The summed E-state index contributed by atoms with van der Waals surface area (Å²) in [6.45, 7) is 1.53. The van der Waals surface area contributed by atoms with Gasteiger partial charge in [-0.25, -0.2) is 0 Å². The molecule has 0 spiro atoms. The summed E-state index contributed by atoms with van der Waals surface area (Å²) in [6, 6.07) is 8.32. The number of amides is 1. The minimum Gasteiger partial charge on any atom is -0.394 e. The highest BCUT2D eigenvalue weighted by Gasteiger charge is 2.11. The van der Waals surface area contributed by atoms with Gasteiger partial charge in [0.15, 0.2) is 0 Å². The van der Waals surface area contributed by atoms with Crippen molar-refractivity contribution in [1.29, 1.82) is 0 Å². The molecule has 5 heteroatoms. The number of aromatic amines is 1. The summed E-state index contributed by atoms with van der Waals surface area (Å²) in [5, 5.41) is 12.7. The van der Waals surface area contributed by atoms with Crippen LogP contribution in [0.1, 0.15) is 17.4 Å². The standard InChI is InChI=1S/C13H14N2O3/c1-8(7-16)14-13(18)11-6-9-4-2-3-5-10(9)12(17)15-11/h2-6,8,16H,7H2,1H3,(H,14,18)(H,15,17). The average molecular weight is 246 g/mol. The molecular formula is C13H14N2O3. The quantitative estimate of drug-likeness (QED) is 0.743. The van der Waals surface area contributed by atoms with Crippen LogP contribution < -0.4 is 10.9 Å². The molecule has 1 unspecified atom stereocenters. The number of nitrogens with one attached hydrogen (secondary N) is 2. The number of H-pyrrole nitrogens is 1. The van der Waals surface area contributed by atoms with Crippen molar-refractivity contribution < 1.29 is 9.90 Å². The van der Waals surface area contributed by atoms with Crippen LogP contribution in [0.2, 0.25) is 0 Å². The van der Waals surface area contributed by atoms with E-state index in [1.807, 2.05) is 0 Å². The largest absolute Gasteiger partial charge is 0.394 e. The van der Waals surface area contributed by atoms with Crippen LogP contribution in [-0.4, -0.2) is 28.6 Å². The molecule has 1 amide bonds. The Hall–Kier alpha value is -2.14. The number of benzene rings is 1. The number of aliphatic hydroxyl groups excluding tert-OH is 1. The second-order valence-electron chi connectivity index (χ2n) is 4.16. The molecule has 1 aromatic heterocycles. The molecule has 2 aromatic rings. The van der Waals surface area contributed by atoms with Crippen LogP contribution in [0.25, 0.3) is 10.8 Å². The fourth-order valence-electron chi connectivity index (χ4n) is 1.68. The van der Waals surface area contributed by atoms with Gasteiger partial charge in [-0.3, -0.25) is 9.59 Å². The topological polar surface area (TPSA) is 82.2 Å². The molecular weight excluding hydrogens is 232 g/mol. The highest BCUT2D eigenvalue weighted by molar-refractivity contribution is 5.96. The minimum absolute atomic E-state index is 0.149. The summed E-state index contributed by atoms with van der Waals surface area (Å²) in [4.78, 5) is 26.1. The van der Waals surface area contributed by atoms with Gasteiger partial charge in [-0.1, -0.05) is 18.2 Å². The first-order valence-electron chi connectivity index (χ1n) is 5.65. The lowest BCUT2D eigenvalue weighted by molar-refractivity contribution is 0.0917. The zero-order valence-electron chi connectivity index (χ0n) is 9.93. The number of hydrogen-bond donors (Lipinski definition) is 3. The van der Waals surface area contributed by atoms with Gasteiger partial charge in [0.25, 0.3) is 11.5 Å². The van der Waals surface area contributed by atoms with E-state index < -0.39 is 5.91 Å². The van der Waals surface area contributed by atoms with Gasteiger partial charge in [-0.05, 0) is 24.4 Å². The second-order valence-corrected chi connectivity index (χ2v) is 4.16. The molecule has 0 bridgehead atoms. The molecule has 2 rings (SSSR count). The predicted octanol–water partition coefficient (Wildman–Crippen LogP) is 0.639. The number of aliphatic hydroxyl groups is 1. The third-order valence-electron chi connectivity index (χ3n) is 2.65. The lowest BCUT2D eigenvalue weighted by Crippen LogP contribution is -2.36. The molecule has 3 N–H and O–H groups in total. The van der Waals surface area contributed by atoms with Crippen molar-refractivity contribution in [3.63, 3.8) is 0 Å². The fraction of sp³-hybridized carbons (Fsp3) is 0.231. The Morgan fingerprint density at radius 3 is 2.89 bits per heavy atom. The Balaban J connectivity index is 2.41. The van der Waals surface area contributed by atoms with Crippen molar-refractivity contribution in [2.24, 2.45) is 0 Å². The first-order chi connectivity index (χ1) is 8.61. The lowest BCUT2D eigenvalue weighted by atomic mass is 10.1. The van der Waals surface area contributed by atoms with Crippen LogP contribution in [0.5, 0.6) is 0 Å². The maximum atomic E-state index is 11.8. The van der Waals surface area contributed by atoms with Crippen molar-refractivity contribution in [3.05, 3.63) is 46.4 Å². The molecule has 1 heterocycles. The first kappa shape index (κ1) is 12.3. The number of hydrogen-bond acceptors (Lipinski definition) is 3. The Labute approximate surface area is 103 Å². The van der Waals surface area contributed by atoms with Gasteiger partial charge in [0, 0.05) is 11.4 Å². The van der Waals surface area contributed by atoms with E-state index in [2.05, 4.69) is 10.3 Å². The molecule has 18 heavy (non-hydrogen) atoms. The number of pyridine rings is 1. The van der Waals surface area contributed by atoms with Crippen LogP contribution in [0.4, 0.5) is 0 Å². The van der Waals surface area contributed by atoms with Gasteiger partial charge >= 0.3 is 0 Å². The summed E-state index contributed by atoms with van der Waals surface area (Å²) < 4.78 is 0. The maximum Gasteiger partial charge on any atom is 0.268 e. The molecule has 5 nitrogen and oxygen atoms in total. The molecule has 0 radical (unpaired) electrons. The molecule has 0 aliphatic rings. The highest BCUT2D eigenvalue weighted by Crippen LogP contribution is 2.09. The third-order valence-corrected chi connectivity index (χ3v) is 2.65. The normalized spacial score (nSPS) is 12.3. The Kier molecular flexibility index (Phi) is 3.43. The number of carbonyl (C=O) groups excluding carboxylic acids is 1. The molecule has 0 fully saturated rings. The van der Waals surface area contributed by atoms with Crippen LogP contribution in [0.15, 0.2) is 35.1 Å². The van der Waals surface area contributed by atoms with Gasteiger partial charge in [-0.2, -0.15) is 0 Å². The van der Waals surface area contributed by atoms with E-state index in [0.29, 0.717) is 10.8 Å². The summed E-state index contributed by atoms with van der Waals surface area (Å²) >= 11 is 0. The van der Waals surface area contributed by atoms with Gasteiger partial charge in [0.2, 0.25) is 0 Å². The first-order valence-corrected chi connectivity index (χ1v) is 5.65. The van der Waals surface area contributed by atoms with E-state index in [1.165, 1.54) is 0 Å². The van der Waals surface area contributed by atoms with Crippen molar-refractivity contribution in [2.75, 3.05) is 6.61 Å². The molecule has 94 valence electrons. The van der Waals surface area contributed by atoms with Crippen LogP contribution in [0, 0.1) is 0 Å². The van der Waals surface area contributed by atoms with Gasteiger partial charge in [-0.15, -0.1) is 0 Å². The van der Waals surface area contributed by atoms with Gasteiger partial charge < -0.3 is 15.4 Å². The molecule has 1 aromatic carbocycles. The molecule has 0 saturated heterocycles. The van der Waals surface area contributed by atoms with Crippen LogP contribution >= 0.6 is 0 Å². The number of rotatable bonds is 3. The second kappa shape index (κ2) is 5.01. The Bertz CT molecular complexity index is 633. The van der Waals surface area contributed by atoms with Gasteiger partial charge in [0.1, 0.15) is 5.69 Å². The third kappa shape index (κ3) is 2.41. The van der Waals surface area contributed by atoms with Crippen molar-refractivity contribution in [3.8, 4) is 0 Å². The molecule has 0 saturated carbocycles. The monoisotopic (exact) mass is 246 g/mol. The van der Waals surface area contributed by atoms with E-state index in [4.69, 9.17) is 5.11 Å². The smallest absolute Gasteiger partial charge is 0.268 e. The van der Waals surface area contributed by atoms with Crippen molar-refractivity contribution >= 4 is 16.7 Å². The Morgan fingerprint density at radius 2 is 2.17 bits per heavy atom.